The minimum Gasteiger partial charge on any atom is -0.361 e. The summed E-state index contributed by atoms with van der Waals surface area (Å²) in [6.07, 6.45) is -0.156. The highest BCUT2D eigenvalue weighted by atomic mass is 16.8. The molecule has 15 heavy (non-hydrogen) atoms. The number of rotatable bonds is 1. The molecular formula is C10H17NO4. The monoisotopic (exact) mass is 215 g/mol. The first-order chi connectivity index (χ1) is 6.88. The van der Waals surface area contributed by atoms with Gasteiger partial charge in [0, 0.05) is 13.8 Å². The average molecular weight is 215 g/mol. The van der Waals surface area contributed by atoms with Gasteiger partial charge in [-0.15, -0.1) is 0 Å². The third-order valence-corrected chi connectivity index (χ3v) is 2.33. The van der Waals surface area contributed by atoms with Gasteiger partial charge in [-0.1, -0.05) is 5.16 Å². The zero-order chi connectivity index (χ0) is 11.1. The van der Waals surface area contributed by atoms with E-state index in [9.17, 15) is 0 Å². The molecule has 0 saturated carbocycles. The summed E-state index contributed by atoms with van der Waals surface area (Å²) in [6.45, 7) is 8.33. The fraction of sp³-hybridized carbons (Fsp3) is 0.900. The molecule has 5 nitrogen and oxygen atoms in total. The van der Waals surface area contributed by atoms with Crippen LogP contribution in [0.5, 0.6) is 0 Å². The Hall–Kier alpha value is -0.650. The van der Waals surface area contributed by atoms with Gasteiger partial charge in [-0.25, -0.2) is 0 Å². The summed E-state index contributed by atoms with van der Waals surface area (Å²) in [7, 11) is 0. The molecule has 0 aromatic carbocycles. The van der Waals surface area contributed by atoms with Crippen LogP contribution in [-0.2, 0) is 19.0 Å². The molecule has 0 aromatic rings. The minimum atomic E-state index is -0.640. The van der Waals surface area contributed by atoms with Crippen LogP contribution in [0.4, 0.5) is 0 Å². The summed E-state index contributed by atoms with van der Waals surface area (Å²) in [5.74, 6) is -1.18. The summed E-state index contributed by atoms with van der Waals surface area (Å²) in [5.41, 5.74) is 0.750. The molecule has 0 N–H and O–H groups in total. The summed E-state index contributed by atoms with van der Waals surface area (Å²) >= 11 is 0. The molecule has 0 aromatic heterocycles. The van der Waals surface area contributed by atoms with Gasteiger partial charge in [-0.05, 0) is 13.8 Å². The molecular weight excluding hydrogens is 198 g/mol. The van der Waals surface area contributed by atoms with Crippen LogP contribution in [0.1, 0.15) is 27.7 Å². The Labute approximate surface area is 89.3 Å². The van der Waals surface area contributed by atoms with Crippen LogP contribution < -0.4 is 0 Å². The fourth-order valence-corrected chi connectivity index (χ4v) is 1.47. The van der Waals surface area contributed by atoms with Crippen molar-refractivity contribution >= 4 is 5.71 Å². The standard InChI is InChI=1S/C10H17NO4/c1-9(2)13-6-8(14-9)7-5-12-10(3,4)15-11-7/h8H,5-6H2,1-4H3/t8-/m0/s1. The maximum absolute atomic E-state index is 5.64. The van der Waals surface area contributed by atoms with Crippen molar-refractivity contribution in [3.05, 3.63) is 0 Å². The Balaban J connectivity index is 1.99. The van der Waals surface area contributed by atoms with Gasteiger partial charge in [0.2, 0.25) is 5.79 Å². The molecule has 0 amide bonds. The summed E-state index contributed by atoms with van der Waals surface area (Å²) < 4.78 is 16.6. The van der Waals surface area contributed by atoms with E-state index in [2.05, 4.69) is 5.16 Å². The molecule has 2 aliphatic rings. The van der Waals surface area contributed by atoms with E-state index in [1.54, 1.807) is 0 Å². The SMILES string of the molecule is CC1(C)OCC([C@@H]2COC(C)(C)O2)=NO1. The quantitative estimate of drug-likeness (QED) is 0.661. The van der Waals surface area contributed by atoms with Crippen molar-refractivity contribution in [1.29, 1.82) is 0 Å². The van der Waals surface area contributed by atoms with Crippen LogP contribution in [-0.4, -0.2) is 36.6 Å². The Bertz CT molecular complexity index is 285. The second-order valence-electron chi connectivity index (χ2n) is 4.68. The van der Waals surface area contributed by atoms with E-state index < -0.39 is 11.6 Å². The van der Waals surface area contributed by atoms with Crippen LogP contribution in [0.2, 0.25) is 0 Å². The van der Waals surface area contributed by atoms with Crippen molar-refractivity contribution in [3.63, 3.8) is 0 Å². The van der Waals surface area contributed by atoms with E-state index in [4.69, 9.17) is 19.0 Å². The first-order valence-electron chi connectivity index (χ1n) is 5.09. The molecule has 5 heteroatoms. The number of hydrogen-bond donors (Lipinski definition) is 0. The van der Waals surface area contributed by atoms with E-state index in [0.717, 1.165) is 5.71 Å². The highest BCUT2D eigenvalue weighted by Crippen LogP contribution is 2.25. The first-order valence-corrected chi connectivity index (χ1v) is 5.09. The van der Waals surface area contributed by atoms with Crippen LogP contribution in [0, 0.1) is 0 Å². The number of hydrogen-bond acceptors (Lipinski definition) is 5. The minimum absolute atomic E-state index is 0.156. The van der Waals surface area contributed by atoms with Crippen molar-refractivity contribution < 1.29 is 19.0 Å². The summed E-state index contributed by atoms with van der Waals surface area (Å²) in [4.78, 5) is 5.19. The van der Waals surface area contributed by atoms with Gasteiger partial charge in [0.05, 0.1) is 13.2 Å². The molecule has 0 radical (unpaired) electrons. The molecule has 1 saturated heterocycles. The van der Waals surface area contributed by atoms with Gasteiger partial charge in [0.1, 0.15) is 11.8 Å². The topological polar surface area (TPSA) is 49.3 Å². The largest absolute Gasteiger partial charge is 0.361 e. The van der Waals surface area contributed by atoms with Crippen molar-refractivity contribution in [2.45, 2.75) is 45.4 Å². The molecule has 0 unspecified atom stereocenters. The van der Waals surface area contributed by atoms with E-state index in [1.165, 1.54) is 0 Å². The maximum Gasteiger partial charge on any atom is 0.231 e. The van der Waals surface area contributed by atoms with Crippen LogP contribution >= 0.6 is 0 Å². The molecule has 0 spiro atoms. The third kappa shape index (κ3) is 2.48. The van der Waals surface area contributed by atoms with Crippen molar-refractivity contribution in [2.75, 3.05) is 13.2 Å². The first kappa shape index (κ1) is 10.9. The molecule has 2 rings (SSSR count). The second-order valence-corrected chi connectivity index (χ2v) is 4.68. The Kier molecular flexibility index (Phi) is 2.48. The van der Waals surface area contributed by atoms with Gasteiger partial charge in [-0.3, -0.25) is 0 Å². The van der Waals surface area contributed by atoms with Crippen LogP contribution in [0.25, 0.3) is 0 Å². The number of nitrogens with zero attached hydrogens (tertiary/aromatic N) is 1. The molecule has 1 fully saturated rings. The zero-order valence-corrected chi connectivity index (χ0v) is 9.57. The fourth-order valence-electron chi connectivity index (χ4n) is 1.47. The average Bonchev–Trinajstić information content (AvgIpc) is 2.46. The normalized spacial score (nSPS) is 33.3. The Morgan fingerprint density at radius 3 is 2.33 bits per heavy atom. The maximum atomic E-state index is 5.64. The van der Waals surface area contributed by atoms with E-state index in [1.807, 2.05) is 27.7 Å². The molecule has 1 atom stereocenters. The molecule has 0 bridgehead atoms. The lowest BCUT2D eigenvalue weighted by atomic mass is 10.2. The van der Waals surface area contributed by atoms with Gasteiger partial charge in [0.15, 0.2) is 5.79 Å². The van der Waals surface area contributed by atoms with Gasteiger partial charge < -0.3 is 19.0 Å². The predicted octanol–water partition coefficient (Wildman–Crippen LogP) is 1.28. The highest BCUT2D eigenvalue weighted by molar-refractivity contribution is 5.90. The van der Waals surface area contributed by atoms with E-state index >= 15 is 0 Å². The molecule has 0 aliphatic carbocycles. The number of ether oxygens (including phenoxy) is 3. The highest BCUT2D eigenvalue weighted by Gasteiger charge is 2.38. The van der Waals surface area contributed by atoms with Gasteiger partial charge in [0.25, 0.3) is 0 Å². The smallest absolute Gasteiger partial charge is 0.231 e. The zero-order valence-electron chi connectivity index (χ0n) is 9.57. The van der Waals surface area contributed by atoms with Crippen molar-refractivity contribution in [2.24, 2.45) is 5.16 Å². The van der Waals surface area contributed by atoms with E-state index in [-0.39, 0.29) is 6.10 Å². The third-order valence-electron chi connectivity index (χ3n) is 2.33. The Morgan fingerprint density at radius 1 is 1.13 bits per heavy atom. The summed E-state index contributed by atoms with van der Waals surface area (Å²) in [6, 6.07) is 0. The van der Waals surface area contributed by atoms with Gasteiger partial charge in [-0.2, -0.15) is 0 Å². The van der Waals surface area contributed by atoms with Crippen molar-refractivity contribution in [1.82, 2.24) is 0 Å². The summed E-state index contributed by atoms with van der Waals surface area (Å²) in [5, 5.41) is 4.02. The van der Waals surface area contributed by atoms with E-state index in [0.29, 0.717) is 13.2 Å². The number of oxime groups is 1. The second kappa shape index (κ2) is 3.43. The lowest BCUT2D eigenvalue weighted by Crippen LogP contribution is -2.39. The van der Waals surface area contributed by atoms with Crippen LogP contribution in [0.15, 0.2) is 5.16 Å². The lowest BCUT2D eigenvalue weighted by Gasteiger charge is -2.29. The predicted molar refractivity (Wildman–Crippen MR) is 53.5 cm³/mol. The molecule has 2 aliphatic heterocycles. The van der Waals surface area contributed by atoms with Crippen LogP contribution in [0.3, 0.4) is 0 Å². The van der Waals surface area contributed by atoms with Gasteiger partial charge >= 0.3 is 0 Å². The van der Waals surface area contributed by atoms with Crippen molar-refractivity contribution in [3.8, 4) is 0 Å². The molecule has 2 heterocycles. The lowest BCUT2D eigenvalue weighted by molar-refractivity contribution is -0.219. The molecule has 86 valence electrons. The Morgan fingerprint density at radius 2 is 1.87 bits per heavy atom.